The fourth-order valence-electron chi connectivity index (χ4n) is 4.73. The van der Waals surface area contributed by atoms with Crippen LogP contribution in [0, 0.1) is 6.92 Å². The van der Waals surface area contributed by atoms with E-state index in [2.05, 4.69) is 48.3 Å². The maximum Gasteiger partial charge on any atom is 0.316 e. The van der Waals surface area contributed by atoms with Crippen molar-refractivity contribution < 1.29 is 9.53 Å². The highest BCUT2D eigenvalue weighted by Gasteiger charge is 2.40. The zero-order valence-corrected chi connectivity index (χ0v) is 17.2. The van der Waals surface area contributed by atoms with E-state index in [-0.39, 0.29) is 11.0 Å². The Morgan fingerprint density at radius 2 is 1.97 bits per heavy atom. The molecule has 4 nitrogen and oxygen atoms in total. The lowest BCUT2D eigenvalue weighted by Crippen LogP contribution is -2.50. The second-order valence-corrected chi connectivity index (χ2v) is 8.48. The van der Waals surface area contributed by atoms with E-state index >= 15 is 0 Å². The normalized spacial score (nSPS) is 17.8. The van der Waals surface area contributed by atoms with Gasteiger partial charge in [0.15, 0.2) is 0 Å². The molecule has 1 aromatic heterocycles. The molecule has 5 rings (SSSR count). The summed E-state index contributed by atoms with van der Waals surface area (Å²) in [4.78, 5) is 17.7. The van der Waals surface area contributed by atoms with Crippen LogP contribution in [-0.2, 0) is 6.42 Å². The molecule has 0 saturated carbocycles. The SMILES string of the molecule is Cc1c(-c2ccc3c(c2)CCC2(CCN(C(=O)Cl)CC2)O3)ccc2cccnc12. The molecule has 1 saturated heterocycles. The van der Waals surface area contributed by atoms with Crippen molar-refractivity contribution in [3.8, 4) is 16.9 Å². The number of carbonyl (C=O) groups is 1. The third kappa shape index (κ3) is 3.25. The summed E-state index contributed by atoms with van der Waals surface area (Å²) in [5, 5.41) is 0.805. The number of piperidine rings is 1. The molecule has 0 unspecified atom stereocenters. The van der Waals surface area contributed by atoms with Crippen LogP contribution in [0.5, 0.6) is 5.75 Å². The van der Waals surface area contributed by atoms with E-state index in [9.17, 15) is 4.79 Å². The Hall–Kier alpha value is -2.59. The van der Waals surface area contributed by atoms with Crippen LogP contribution < -0.4 is 4.74 Å². The molecule has 0 radical (unpaired) electrons. The van der Waals surface area contributed by atoms with Crippen molar-refractivity contribution in [2.75, 3.05) is 13.1 Å². The summed E-state index contributed by atoms with van der Waals surface area (Å²) in [7, 11) is 0. The highest BCUT2D eigenvalue weighted by molar-refractivity contribution is 6.62. The average Bonchev–Trinajstić information content (AvgIpc) is 2.74. The lowest BCUT2D eigenvalue weighted by molar-refractivity contribution is -0.00342. The predicted molar refractivity (Wildman–Crippen MR) is 116 cm³/mol. The van der Waals surface area contributed by atoms with Gasteiger partial charge in [0.05, 0.1) is 5.52 Å². The molecule has 0 bridgehead atoms. The molecule has 29 heavy (non-hydrogen) atoms. The summed E-state index contributed by atoms with van der Waals surface area (Å²) in [5.74, 6) is 0.974. The predicted octanol–water partition coefficient (Wildman–Crippen LogP) is 5.73. The molecule has 3 heterocycles. The molecule has 0 aliphatic carbocycles. The molecule has 0 N–H and O–H groups in total. The Kier molecular flexibility index (Phi) is 4.47. The van der Waals surface area contributed by atoms with Crippen molar-refractivity contribution in [2.45, 2.75) is 38.2 Å². The van der Waals surface area contributed by atoms with Gasteiger partial charge in [0.1, 0.15) is 11.4 Å². The number of benzene rings is 2. The van der Waals surface area contributed by atoms with E-state index in [1.165, 1.54) is 27.6 Å². The van der Waals surface area contributed by atoms with E-state index < -0.39 is 0 Å². The number of ether oxygens (including phenoxy) is 1. The Labute approximate surface area is 175 Å². The van der Waals surface area contributed by atoms with E-state index in [0.29, 0.717) is 13.1 Å². The Bertz CT molecular complexity index is 1100. The maximum absolute atomic E-state index is 11.4. The Morgan fingerprint density at radius 3 is 2.76 bits per heavy atom. The summed E-state index contributed by atoms with van der Waals surface area (Å²) in [6.07, 6.45) is 5.49. The Balaban J connectivity index is 1.42. The first-order valence-electron chi connectivity index (χ1n) is 10.2. The molecule has 1 amide bonds. The van der Waals surface area contributed by atoms with Gasteiger partial charge in [0, 0.05) is 37.5 Å². The Morgan fingerprint density at radius 1 is 1.14 bits per heavy atom. The van der Waals surface area contributed by atoms with Crippen molar-refractivity contribution in [2.24, 2.45) is 0 Å². The molecule has 5 heteroatoms. The molecule has 1 spiro atoms. The van der Waals surface area contributed by atoms with Crippen LogP contribution in [0.15, 0.2) is 48.7 Å². The van der Waals surface area contributed by atoms with E-state index in [1.54, 1.807) is 4.90 Å². The van der Waals surface area contributed by atoms with Crippen LogP contribution in [0.4, 0.5) is 4.79 Å². The van der Waals surface area contributed by atoms with E-state index in [1.807, 2.05) is 12.3 Å². The first kappa shape index (κ1) is 18.4. The van der Waals surface area contributed by atoms with E-state index in [4.69, 9.17) is 16.3 Å². The molecule has 1 fully saturated rings. The first-order valence-corrected chi connectivity index (χ1v) is 10.5. The summed E-state index contributed by atoms with van der Waals surface area (Å²) >= 11 is 5.63. The number of fused-ring (bicyclic) bond motifs is 2. The average molecular weight is 407 g/mol. The second kappa shape index (κ2) is 7.03. The number of nitrogens with zero attached hydrogens (tertiary/aromatic N) is 2. The highest BCUT2D eigenvalue weighted by atomic mass is 35.5. The number of aryl methyl sites for hydroxylation is 2. The lowest BCUT2D eigenvalue weighted by atomic mass is 9.82. The number of aromatic nitrogens is 1. The maximum atomic E-state index is 11.4. The van der Waals surface area contributed by atoms with Gasteiger partial charge < -0.3 is 9.64 Å². The largest absolute Gasteiger partial charge is 0.487 e. The van der Waals surface area contributed by atoms with Gasteiger partial charge in [-0.15, -0.1) is 0 Å². The lowest BCUT2D eigenvalue weighted by Gasteiger charge is -2.44. The number of rotatable bonds is 1. The molecule has 2 aromatic carbocycles. The quantitative estimate of drug-likeness (QED) is 0.383. The van der Waals surface area contributed by atoms with Gasteiger partial charge in [-0.3, -0.25) is 9.78 Å². The van der Waals surface area contributed by atoms with Crippen LogP contribution in [0.2, 0.25) is 0 Å². The third-order valence-electron chi connectivity index (χ3n) is 6.50. The van der Waals surface area contributed by atoms with Gasteiger partial charge in [-0.05, 0) is 71.8 Å². The number of hydrogen-bond donors (Lipinski definition) is 0. The zero-order valence-electron chi connectivity index (χ0n) is 16.5. The summed E-state index contributed by atoms with van der Waals surface area (Å²) in [6.45, 7) is 3.47. The van der Waals surface area contributed by atoms with Gasteiger partial charge in [0.2, 0.25) is 0 Å². The standard InChI is InChI=1S/C24H23ClN2O2/c1-16-20(6-4-17-3-2-12-26-22(16)17)18-5-7-21-19(15-18)8-9-24(29-21)10-13-27(14-11-24)23(25)28/h2-7,12,15H,8-11,13-14H2,1H3. The van der Waals surface area contributed by atoms with Crippen LogP contribution in [0.3, 0.4) is 0 Å². The van der Waals surface area contributed by atoms with Crippen LogP contribution in [-0.4, -0.2) is 33.9 Å². The van der Waals surface area contributed by atoms with Crippen molar-refractivity contribution in [1.29, 1.82) is 0 Å². The number of pyridine rings is 1. The molecule has 0 atom stereocenters. The fraction of sp³-hybridized carbons (Fsp3) is 0.333. The number of likely N-dealkylation sites (tertiary alicyclic amines) is 1. The number of carbonyl (C=O) groups excluding carboxylic acids is 1. The minimum Gasteiger partial charge on any atom is -0.487 e. The van der Waals surface area contributed by atoms with Gasteiger partial charge in [-0.1, -0.05) is 24.3 Å². The molecule has 148 valence electrons. The number of halogens is 1. The highest BCUT2D eigenvalue weighted by Crippen LogP contribution is 2.41. The topological polar surface area (TPSA) is 42.4 Å². The smallest absolute Gasteiger partial charge is 0.316 e. The summed E-state index contributed by atoms with van der Waals surface area (Å²) in [5.41, 5.74) is 5.77. The summed E-state index contributed by atoms with van der Waals surface area (Å²) in [6, 6.07) is 14.9. The fourth-order valence-corrected chi connectivity index (χ4v) is 4.90. The first-order chi connectivity index (χ1) is 14.0. The molecular formula is C24H23ClN2O2. The van der Waals surface area contributed by atoms with Crippen molar-refractivity contribution >= 4 is 27.9 Å². The van der Waals surface area contributed by atoms with Crippen LogP contribution >= 0.6 is 11.6 Å². The molecule has 2 aliphatic heterocycles. The minimum absolute atomic E-state index is 0.167. The van der Waals surface area contributed by atoms with Gasteiger partial charge >= 0.3 is 5.37 Å². The molecule has 3 aromatic rings. The second-order valence-electron chi connectivity index (χ2n) is 8.16. The monoisotopic (exact) mass is 406 g/mol. The van der Waals surface area contributed by atoms with Crippen molar-refractivity contribution in [3.05, 3.63) is 59.8 Å². The molecule has 2 aliphatic rings. The van der Waals surface area contributed by atoms with Gasteiger partial charge in [0.25, 0.3) is 0 Å². The molecular weight excluding hydrogens is 384 g/mol. The number of amides is 1. The van der Waals surface area contributed by atoms with Crippen molar-refractivity contribution in [1.82, 2.24) is 9.88 Å². The van der Waals surface area contributed by atoms with Gasteiger partial charge in [-0.25, -0.2) is 0 Å². The zero-order chi connectivity index (χ0) is 20.0. The van der Waals surface area contributed by atoms with E-state index in [0.717, 1.165) is 36.9 Å². The number of hydrogen-bond acceptors (Lipinski definition) is 3. The van der Waals surface area contributed by atoms with Crippen molar-refractivity contribution in [3.63, 3.8) is 0 Å². The third-order valence-corrected chi connectivity index (χ3v) is 6.74. The summed E-state index contributed by atoms with van der Waals surface area (Å²) < 4.78 is 6.49. The van der Waals surface area contributed by atoms with Crippen LogP contribution in [0.1, 0.15) is 30.4 Å². The van der Waals surface area contributed by atoms with Gasteiger partial charge in [-0.2, -0.15) is 0 Å². The minimum atomic E-state index is -0.360. The van der Waals surface area contributed by atoms with Crippen LogP contribution in [0.25, 0.3) is 22.0 Å².